The summed E-state index contributed by atoms with van der Waals surface area (Å²) in [6, 6.07) is 9.24. The van der Waals surface area contributed by atoms with E-state index in [1.54, 1.807) is 35.2 Å². The number of aromatic nitrogens is 2. The number of ether oxygens (including phenoxy) is 1. The predicted molar refractivity (Wildman–Crippen MR) is 191 cm³/mol. The molecule has 1 atom stereocenters. The van der Waals surface area contributed by atoms with E-state index in [2.05, 4.69) is 31.2 Å². The van der Waals surface area contributed by atoms with Crippen LogP contribution in [0.2, 0.25) is 5.02 Å². The van der Waals surface area contributed by atoms with Gasteiger partial charge in [-0.05, 0) is 67.5 Å². The quantitative estimate of drug-likeness (QED) is 0.164. The number of carbonyl (C=O) groups excluding carboxylic acids is 6. The standard InChI is InChI=1S/C37H36ClN9O7/c38-29-13-26(4-1-20(29)14-39)54-25-5-2-24(3-6-25)44-33(50)23-15-42-37(43-16-23)41-10-9-40-17-32(49)46-18-21-11-27-28(12-22(21)19-46)36(53)47(35(27)52)30-7-8-31(48)45-34(30)51/h1,4,11-13,15-16,24-25,30,40H,2-3,5-10,17-19H2,(H,44,50)(H,41,42,43)(H,45,48,51)/t24-,25-,30?. The molecule has 17 heteroatoms. The Bertz CT molecular complexity index is 2030. The highest BCUT2D eigenvalue weighted by atomic mass is 35.5. The molecule has 1 unspecified atom stereocenters. The minimum Gasteiger partial charge on any atom is -0.490 e. The fraction of sp³-hybridized carbons (Fsp3) is 0.378. The van der Waals surface area contributed by atoms with Crippen molar-refractivity contribution in [1.29, 1.82) is 5.26 Å². The van der Waals surface area contributed by atoms with Gasteiger partial charge in [0.1, 0.15) is 17.9 Å². The molecule has 4 N–H and O–H groups in total. The van der Waals surface area contributed by atoms with Gasteiger partial charge in [0.25, 0.3) is 17.7 Å². The zero-order valence-corrected chi connectivity index (χ0v) is 29.8. The van der Waals surface area contributed by atoms with Gasteiger partial charge in [0.15, 0.2) is 0 Å². The lowest BCUT2D eigenvalue weighted by atomic mass is 9.92. The summed E-state index contributed by atoms with van der Waals surface area (Å²) in [5.41, 5.74) is 2.63. The number of rotatable bonds is 11. The van der Waals surface area contributed by atoms with Gasteiger partial charge in [-0.3, -0.25) is 39.0 Å². The summed E-state index contributed by atoms with van der Waals surface area (Å²) in [5.74, 6) is -1.72. The van der Waals surface area contributed by atoms with Crippen LogP contribution in [0.1, 0.15) is 86.3 Å². The second-order valence-corrected chi connectivity index (χ2v) is 14.0. The summed E-state index contributed by atoms with van der Waals surface area (Å²) >= 11 is 6.11. The van der Waals surface area contributed by atoms with E-state index in [-0.39, 0.29) is 67.6 Å². The van der Waals surface area contributed by atoms with Crippen LogP contribution in [0.25, 0.3) is 0 Å². The minimum atomic E-state index is -1.03. The van der Waals surface area contributed by atoms with Crippen LogP contribution in [-0.4, -0.2) is 93.0 Å². The summed E-state index contributed by atoms with van der Waals surface area (Å²) in [5, 5.41) is 20.8. The van der Waals surface area contributed by atoms with E-state index in [1.165, 1.54) is 12.4 Å². The molecule has 3 aromatic rings. The number of hydrogen-bond acceptors (Lipinski definition) is 12. The highest BCUT2D eigenvalue weighted by molar-refractivity contribution is 6.31. The molecule has 1 saturated carbocycles. The van der Waals surface area contributed by atoms with Crippen LogP contribution < -0.4 is 26.0 Å². The normalized spacial score (nSPS) is 20.6. The van der Waals surface area contributed by atoms with E-state index in [4.69, 9.17) is 21.6 Å². The zero-order valence-electron chi connectivity index (χ0n) is 29.0. The van der Waals surface area contributed by atoms with Crippen molar-refractivity contribution < 1.29 is 33.5 Å². The van der Waals surface area contributed by atoms with Gasteiger partial charge in [0.05, 0.1) is 39.9 Å². The molecule has 4 aliphatic rings. The first-order valence-corrected chi connectivity index (χ1v) is 18.0. The van der Waals surface area contributed by atoms with Crippen LogP contribution in [-0.2, 0) is 27.5 Å². The number of nitrogens with one attached hydrogen (secondary N) is 4. The molecule has 3 aliphatic heterocycles. The Morgan fingerprint density at radius 2 is 1.63 bits per heavy atom. The third kappa shape index (κ3) is 7.73. The summed E-state index contributed by atoms with van der Waals surface area (Å²) in [7, 11) is 0. The van der Waals surface area contributed by atoms with Crippen LogP contribution in [0.4, 0.5) is 5.95 Å². The molecule has 6 amide bonds. The molecule has 16 nitrogen and oxygen atoms in total. The number of halogens is 1. The maximum atomic E-state index is 13.2. The van der Waals surface area contributed by atoms with Gasteiger partial charge in [-0.2, -0.15) is 5.26 Å². The monoisotopic (exact) mass is 753 g/mol. The van der Waals surface area contributed by atoms with Crippen LogP contribution >= 0.6 is 11.6 Å². The zero-order chi connectivity index (χ0) is 37.9. The number of benzene rings is 2. The predicted octanol–water partition coefficient (Wildman–Crippen LogP) is 2.07. The van der Waals surface area contributed by atoms with E-state index in [0.29, 0.717) is 40.9 Å². The number of hydrogen-bond donors (Lipinski definition) is 4. The van der Waals surface area contributed by atoms with Crippen LogP contribution in [0.5, 0.6) is 5.75 Å². The largest absolute Gasteiger partial charge is 0.490 e. The van der Waals surface area contributed by atoms with Gasteiger partial charge >= 0.3 is 0 Å². The van der Waals surface area contributed by atoms with E-state index in [9.17, 15) is 28.8 Å². The fourth-order valence-corrected chi connectivity index (χ4v) is 7.31. The second kappa shape index (κ2) is 15.6. The van der Waals surface area contributed by atoms with Crippen LogP contribution in [0.3, 0.4) is 0 Å². The van der Waals surface area contributed by atoms with Crippen LogP contribution in [0.15, 0.2) is 42.7 Å². The third-order valence-electron chi connectivity index (χ3n) is 9.98. The van der Waals surface area contributed by atoms with Gasteiger partial charge < -0.3 is 25.6 Å². The third-order valence-corrected chi connectivity index (χ3v) is 10.3. The molecule has 1 aliphatic carbocycles. The Kier molecular flexibility index (Phi) is 10.5. The van der Waals surface area contributed by atoms with Gasteiger partial charge in [-0.15, -0.1) is 0 Å². The molecule has 278 valence electrons. The maximum Gasteiger partial charge on any atom is 0.262 e. The van der Waals surface area contributed by atoms with Gasteiger partial charge in [0, 0.05) is 57.1 Å². The number of imide groups is 2. The Balaban J connectivity index is 0.802. The first-order valence-electron chi connectivity index (χ1n) is 17.7. The lowest BCUT2D eigenvalue weighted by molar-refractivity contribution is -0.136. The van der Waals surface area contributed by atoms with E-state index in [1.807, 2.05) is 6.07 Å². The van der Waals surface area contributed by atoms with E-state index < -0.39 is 29.7 Å². The number of carbonyl (C=O) groups is 6. The molecular weight excluding hydrogens is 718 g/mol. The average Bonchev–Trinajstić information content (AvgIpc) is 3.69. The minimum absolute atomic E-state index is 0.00443. The molecule has 2 fully saturated rings. The number of nitrogens with zero attached hydrogens (tertiary/aromatic N) is 5. The van der Waals surface area contributed by atoms with Crippen molar-refractivity contribution in [1.82, 2.24) is 35.7 Å². The van der Waals surface area contributed by atoms with Crippen LogP contribution in [0, 0.1) is 11.3 Å². The first-order chi connectivity index (χ1) is 26.1. The Morgan fingerprint density at radius 3 is 2.26 bits per heavy atom. The van der Waals surface area contributed by atoms with Crippen molar-refractivity contribution in [2.24, 2.45) is 0 Å². The number of piperidine rings is 1. The number of amides is 6. The molecule has 0 spiro atoms. The summed E-state index contributed by atoms with van der Waals surface area (Å²) in [6.45, 7) is 1.46. The number of nitriles is 1. The lowest BCUT2D eigenvalue weighted by Gasteiger charge is -2.29. The lowest BCUT2D eigenvalue weighted by Crippen LogP contribution is -2.54. The Labute approximate surface area is 314 Å². The molecule has 1 saturated heterocycles. The highest BCUT2D eigenvalue weighted by Gasteiger charge is 2.45. The van der Waals surface area contributed by atoms with Crippen molar-refractivity contribution >= 4 is 53.0 Å². The SMILES string of the molecule is N#Cc1ccc(O[C@H]2CC[C@H](NC(=O)c3cnc(NCCNCC(=O)N4Cc5cc6c(cc5C4)C(=O)N(C4CCC(=O)NC4=O)C6=O)nc3)CC2)cc1Cl. The molecule has 2 aromatic carbocycles. The smallest absolute Gasteiger partial charge is 0.262 e. The molecule has 54 heavy (non-hydrogen) atoms. The highest BCUT2D eigenvalue weighted by Crippen LogP contribution is 2.33. The summed E-state index contributed by atoms with van der Waals surface area (Å²) in [4.78, 5) is 87.0. The summed E-state index contributed by atoms with van der Waals surface area (Å²) < 4.78 is 6.03. The second-order valence-electron chi connectivity index (χ2n) is 13.6. The molecule has 4 heterocycles. The molecule has 7 rings (SSSR count). The molecule has 0 bridgehead atoms. The number of fused-ring (bicyclic) bond motifs is 2. The Hall–Kier alpha value is -5.92. The average molecular weight is 754 g/mol. The van der Waals surface area contributed by atoms with Gasteiger partial charge in [0.2, 0.25) is 23.7 Å². The number of anilines is 1. The van der Waals surface area contributed by atoms with Gasteiger partial charge in [-0.25, -0.2) is 9.97 Å². The molecular formula is C37H36ClN9O7. The Morgan fingerprint density at radius 1 is 0.944 bits per heavy atom. The van der Waals surface area contributed by atoms with Crippen molar-refractivity contribution in [2.75, 3.05) is 25.0 Å². The topological polar surface area (TPSA) is 216 Å². The first kappa shape index (κ1) is 36.4. The van der Waals surface area contributed by atoms with Crippen molar-refractivity contribution in [2.45, 2.75) is 69.8 Å². The fourth-order valence-electron chi connectivity index (χ4n) is 7.10. The molecule has 1 aromatic heterocycles. The molecule has 0 radical (unpaired) electrons. The van der Waals surface area contributed by atoms with Crippen molar-refractivity contribution in [3.05, 3.63) is 81.1 Å². The van der Waals surface area contributed by atoms with Crippen molar-refractivity contribution in [3.63, 3.8) is 0 Å². The van der Waals surface area contributed by atoms with Crippen molar-refractivity contribution in [3.8, 4) is 11.8 Å². The van der Waals surface area contributed by atoms with E-state index >= 15 is 0 Å². The van der Waals surface area contributed by atoms with E-state index in [0.717, 1.165) is 41.7 Å². The maximum absolute atomic E-state index is 13.2. The van der Waals surface area contributed by atoms with Gasteiger partial charge in [-0.1, -0.05) is 11.6 Å². The summed E-state index contributed by atoms with van der Waals surface area (Å²) in [6.07, 6.45) is 6.05.